The second-order valence-electron chi connectivity index (χ2n) is 6.44. The highest BCUT2D eigenvalue weighted by Gasteiger charge is 2.13. The molecule has 2 aromatic carbocycles. The zero-order valence-electron chi connectivity index (χ0n) is 14.5. The Morgan fingerprint density at radius 2 is 1.39 bits per heavy atom. The second kappa shape index (κ2) is 7.36. The monoisotopic (exact) mass is 306 g/mol. The van der Waals surface area contributed by atoms with Crippen molar-refractivity contribution in [3.8, 4) is 0 Å². The number of hydrogen-bond donors (Lipinski definition) is 2. The molecule has 0 aliphatic carbocycles. The van der Waals surface area contributed by atoms with Gasteiger partial charge in [0, 0.05) is 11.4 Å². The first-order valence-electron chi connectivity index (χ1n) is 8.22. The van der Waals surface area contributed by atoms with Crippen LogP contribution in [0.3, 0.4) is 0 Å². The molecule has 0 unspecified atom stereocenters. The van der Waals surface area contributed by atoms with Gasteiger partial charge in [0.15, 0.2) is 0 Å². The summed E-state index contributed by atoms with van der Waals surface area (Å²) >= 11 is 0. The molecule has 0 aromatic heterocycles. The van der Waals surface area contributed by atoms with E-state index in [4.69, 9.17) is 10.8 Å². The smallest absolute Gasteiger partial charge is 0.0358 e. The van der Waals surface area contributed by atoms with Crippen molar-refractivity contribution in [2.45, 2.75) is 46.5 Å². The van der Waals surface area contributed by atoms with Crippen LogP contribution in [-0.4, -0.2) is 11.4 Å². The van der Waals surface area contributed by atoms with Crippen molar-refractivity contribution in [1.82, 2.24) is 0 Å². The van der Waals surface area contributed by atoms with Crippen LogP contribution in [0.25, 0.3) is 0 Å². The molecule has 0 aliphatic rings. The minimum absolute atomic E-state index is 0.509. The van der Waals surface area contributed by atoms with Crippen LogP contribution in [0.2, 0.25) is 0 Å². The Bertz CT molecular complexity index is 694. The van der Waals surface area contributed by atoms with Crippen molar-refractivity contribution in [2.75, 3.05) is 0 Å². The first-order valence-corrected chi connectivity index (χ1v) is 8.22. The number of nitrogens with one attached hydrogen (secondary N) is 2. The molecule has 120 valence electrons. The SMILES string of the molecule is CC(=N)c1cccc(C(C)=N)c1CCc1ccccc1C(C)C. The molecule has 0 radical (unpaired) electrons. The van der Waals surface area contributed by atoms with Crippen molar-refractivity contribution >= 4 is 11.4 Å². The summed E-state index contributed by atoms with van der Waals surface area (Å²) in [5, 5.41) is 16.1. The first-order chi connectivity index (χ1) is 10.9. The van der Waals surface area contributed by atoms with E-state index in [2.05, 4.69) is 38.1 Å². The molecule has 2 aromatic rings. The molecule has 2 N–H and O–H groups in total. The maximum absolute atomic E-state index is 8.04. The Morgan fingerprint density at radius 1 is 0.826 bits per heavy atom. The molecule has 0 atom stereocenters. The highest BCUT2D eigenvalue weighted by molar-refractivity contribution is 6.03. The van der Waals surface area contributed by atoms with Gasteiger partial charge in [-0.3, -0.25) is 0 Å². The lowest BCUT2D eigenvalue weighted by Gasteiger charge is -2.16. The molecule has 2 rings (SSSR count). The second-order valence-corrected chi connectivity index (χ2v) is 6.44. The zero-order valence-corrected chi connectivity index (χ0v) is 14.5. The van der Waals surface area contributed by atoms with Gasteiger partial charge in [0.25, 0.3) is 0 Å². The molecule has 0 bridgehead atoms. The summed E-state index contributed by atoms with van der Waals surface area (Å²) in [5.74, 6) is 0.509. The van der Waals surface area contributed by atoms with Crippen LogP contribution < -0.4 is 0 Å². The lowest BCUT2D eigenvalue weighted by atomic mass is 9.89. The lowest BCUT2D eigenvalue weighted by Crippen LogP contribution is -2.09. The summed E-state index contributed by atoms with van der Waals surface area (Å²) in [6.45, 7) is 8.09. The van der Waals surface area contributed by atoms with Gasteiger partial charge in [-0.05, 0) is 60.4 Å². The largest absolute Gasteiger partial charge is 0.305 e. The normalized spacial score (nSPS) is 10.8. The first kappa shape index (κ1) is 17.1. The third-order valence-electron chi connectivity index (χ3n) is 4.31. The van der Waals surface area contributed by atoms with Crippen molar-refractivity contribution in [2.24, 2.45) is 0 Å². The van der Waals surface area contributed by atoms with E-state index in [1.165, 1.54) is 11.1 Å². The standard InChI is InChI=1S/C21H26N2/c1-14(2)18-9-6-5-8-17(18)12-13-21-19(15(3)22)10-7-11-20(21)16(4)23/h5-11,14,22-23H,12-13H2,1-4H3. The fourth-order valence-corrected chi connectivity index (χ4v) is 3.14. The molecule has 0 amide bonds. The topological polar surface area (TPSA) is 47.7 Å². The van der Waals surface area contributed by atoms with E-state index in [0.29, 0.717) is 17.3 Å². The third-order valence-corrected chi connectivity index (χ3v) is 4.31. The molecule has 2 heteroatoms. The van der Waals surface area contributed by atoms with Crippen molar-refractivity contribution < 1.29 is 0 Å². The van der Waals surface area contributed by atoms with Crippen molar-refractivity contribution in [3.63, 3.8) is 0 Å². The van der Waals surface area contributed by atoms with Gasteiger partial charge < -0.3 is 10.8 Å². The van der Waals surface area contributed by atoms with Crippen LogP contribution in [-0.2, 0) is 12.8 Å². The van der Waals surface area contributed by atoms with E-state index >= 15 is 0 Å². The highest BCUT2D eigenvalue weighted by atomic mass is 14.4. The van der Waals surface area contributed by atoms with Gasteiger partial charge in [-0.15, -0.1) is 0 Å². The lowest BCUT2D eigenvalue weighted by molar-refractivity contribution is 0.828. The summed E-state index contributed by atoms with van der Waals surface area (Å²) < 4.78 is 0. The van der Waals surface area contributed by atoms with Crippen molar-refractivity contribution in [3.05, 3.63) is 70.3 Å². The molecular formula is C21H26N2. The molecular weight excluding hydrogens is 280 g/mol. The minimum Gasteiger partial charge on any atom is -0.305 e. The van der Waals surface area contributed by atoms with E-state index < -0.39 is 0 Å². The molecule has 0 fully saturated rings. The average Bonchev–Trinajstić information content (AvgIpc) is 2.52. The van der Waals surface area contributed by atoms with Gasteiger partial charge in [-0.25, -0.2) is 0 Å². The summed E-state index contributed by atoms with van der Waals surface area (Å²) in [7, 11) is 0. The fraction of sp³-hybridized carbons (Fsp3) is 0.333. The highest BCUT2D eigenvalue weighted by Crippen LogP contribution is 2.23. The van der Waals surface area contributed by atoms with Crippen LogP contribution in [0.15, 0.2) is 42.5 Å². The number of benzene rings is 2. The quantitative estimate of drug-likeness (QED) is 0.674. The molecule has 0 heterocycles. The van der Waals surface area contributed by atoms with E-state index in [1.807, 2.05) is 32.0 Å². The predicted octanol–water partition coefficient (Wildman–Crippen LogP) is 5.37. The summed E-state index contributed by atoms with van der Waals surface area (Å²) in [5.41, 5.74) is 6.97. The predicted molar refractivity (Wildman–Crippen MR) is 99.4 cm³/mol. The Labute approximate surface area is 139 Å². The number of hydrogen-bond acceptors (Lipinski definition) is 2. The van der Waals surface area contributed by atoms with Crippen LogP contribution >= 0.6 is 0 Å². The van der Waals surface area contributed by atoms with E-state index in [1.54, 1.807) is 0 Å². The van der Waals surface area contributed by atoms with Gasteiger partial charge in [0.05, 0.1) is 0 Å². The van der Waals surface area contributed by atoms with Crippen LogP contribution in [0.5, 0.6) is 0 Å². The molecule has 0 saturated heterocycles. The van der Waals surface area contributed by atoms with Crippen molar-refractivity contribution in [1.29, 1.82) is 10.8 Å². The molecule has 0 spiro atoms. The Kier molecular flexibility index (Phi) is 5.49. The maximum atomic E-state index is 8.04. The zero-order chi connectivity index (χ0) is 17.0. The van der Waals surface area contributed by atoms with Crippen LogP contribution in [0.1, 0.15) is 61.4 Å². The maximum Gasteiger partial charge on any atom is 0.0358 e. The summed E-state index contributed by atoms with van der Waals surface area (Å²) in [6.07, 6.45) is 1.81. The average molecular weight is 306 g/mol. The Morgan fingerprint density at radius 3 is 1.91 bits per heavy atom. The third kappa shape index (κ3) is 3.95. The van der Waals surface area contributed by atoms with Gasteiger partial charge in [0.2, 0.25) is 0 Å². The Hall–Kier alpha value is -2.22. The van der Waals surface area contributed by atoms with Gasteiger partial charge in [0.1, 0.15) is 0 Å². The van der Waals surface area contributed by atoms with Gasteiger partial charge in [-0.2, -0.15) is 0 Å². The fourth-order valence-electron chi connectivity index (χ4n) is 3.14. The number of rotatable bonds is 6. The van der Waals surface area contributed by atoms with Crippen LogP contribution in [0, 0.1) is 10.8 Å². The summed E-state index contributed by atoms with van der Waals surface area (Å²) in [4.78, 5) is 0. The molecule has 0 aliphatic heterocycles. The molecule has 2 nitrogen and oxygen atoms in total. The van der Waals surface area contributed by atoms with Gasteiger partial charge in [-0.1, -0.05) is 56.3 Å². The van der Waals surface area contributed by atoms with E-state index in [-0.39, 0.29) is 0 Å². The molecule has 0 saturated carbocycles. The molecule has 23 heavy (non-hydrogen) atoms. The minimum atomic E-state index is 0.509. The summed E-state index contributed by atoms with van der Waals surface area (Å²) in [6, 6.07) is 14.5. The van der Waals surface area contributed by atoms with Gasteiger partial charge >= 0.3 is 0 Å². The van der Waals surface area contributed by atoms with E-state index in [0.717, 1.165) is 29.5 Å². The van der Waals surface area contributed by atoms with E-state index in [9.17, 15) is 0 Å². The number of aryl methyl sites for hydroxylation is 1. The van der Waals surface area contributed by atoms with Crippen LogP contribution in [0.4, 0.5) is 0 Å². The Balaban J connectivity index is 2.37.